The molecule has 252 valence electrons. The number of aromatic hydroxyl groups is 1. The summed E-state index contributed by atoms with van der Waals surface area (Å²) in [7, 11) is 0. The average molecular weight is 675 g/mol. The lowest BCUT2D eigenvalue weighted by molar-refractivity contribution is 0.444. The van der Waals surface area contributed by atoms with Gasteiger partial charge in [-0.15, -0.1) is 11.3 Å². The minimum absolute atomic E-state index is 0.0442. The molecule has 0 bridgehead atoms. The van der Waals surface area contributed by atoms with Gasteiger partial charge in [0.15, 0.2) is 0 Å². The lowest BCUT2D eigenvalue weighted by Crippen LogP contribution is -2.17. The Labute approximate surface area is 300 Å². The van der Waals surface area contributed by atoms with Gasteiger partial charge in [-0.25, -0.2) is 4.98 Å². The summed E-state index contributed by atoms with van der Waals surface area (Å²) in [6, 6.07) is 36.8. The second-order valence-corrected chi connectivity index (χ2v) is 17.6. The summed E-state index contributed by atoms with van der Waals surface area (Å²) in [5, 5.41) is 17.3. The minimum Gasteiger partial charge on any atom is -0.507 e. The zero-order chi connectivity index (χ0) is 35.6. The number of nitrogens with zero attached hydrogens (tertiary/aromatic N) is 2. The molecule has 0 spiro atoms. The quantitative estimate of drug-likeness (QED) is 0.149. The Morgan fingerprint density at radius 1 is 0.600 bits per heavy atom. The largest absolute Gasteiger partial charge is 0.507 e. The molecule has 1 N–H and O–H groups in total. The minimum atomic E-state index is -0.215. The lowest BCUT2D eigenvalue weighted by atomic mass is 9.79. The van der Waals surface area contributed by atoms with Crippen LogP contribution in [0, 0.1) is 0 Å². The zero-order valence-corrected chi connectivity index (χ0v) is 31.5. The van der Waals surface area contributed by atoms with E-state index in [0.29, 0.717) is 0 Å². The third-order valence-electron chi connectivity index (χ3n) is 9.71. The zero-order valence-electron chi connectivity index (χ0n) is 30.6. The second-order valence-electron chi connectivity index (χ2n) is 16.6. The van der Waals surface area contributed by atoms with E-state index in [-0.39, 0.29) is 22.0 Å². The molecule has 0 amide bonds. The number of hydrogen-bond acceptors (Lipinski definition) is 4. The van der Waals surface area contributed by atoms with Crippen molar-refractivity contribution in [3.63, 3.8) is 0 Å². The number of phenolic OH excluding ortho intramolecular Hbond substituents is 1. The summed E-state index contributed by atoms with van der Waals surface area (Å²) in [6.45, 7) is 19.8. The van der Waals surface area contributed by atoms with Gasteiger partial charge < -0.3 is 5.11 Å². The van der Waals surface area contributed by atoms with Crippen molar-refractivity contribution >= 4 is 55.0 Å². The van der Waals surface area contributed by atoms with E-state index in [2.05, 4.69) is 147 Å². The maximum Gasteiger partial charge on any atom is 0.128 e. The van der Waals surface area contributed by atoms with Gasteiger partial charge in [0.1, 0.15) is 10.8 Å². The van der Waals surface area contributed by atoms with Crippen LogP contribution in [0.3, 0.4) is 0 Å². The van der Waals surface area contributed by atoms with Gasteiger partial charge in [-0.3, -0.25) is 4.99 Å². The predicted octanol–water partition coefficient (Wildman–Crippen LogP) is 13.3. The van der Waals surface area contributed by atoms with Crippen LogP contribution < -0.4 is 0 Å². The van der Waals surface area contributed by atoms with E-state index >= 15 is 0 Å². The number of phenols is 1. The summed E-state index contributed by atoms with van der Waals surface area (Å²) in [5.41, 5.74) is 8.90. The van der Waals surface area contributed by atoms with E-state index in [1.165, 1.54) is 38.2 Å². The molecule has 0 aliphatic heterocycles. The first-order valence-corrected chi connectivity index (χ1v) is 18.3. The van der Waals surface area contributed by atoms with Gasteiger partial charge in [-0.2, -0.15) is 0 Å². The van der Waals surface area contributed by atoms with Gasteiger partial charge in [0.25, 0.3) is 0 Å². The third-order valence-corrected chi connectivity index (χ3v) is 10.7. The maximum atomic E-state index is 11.4. The molecule has 6 aromatic carbocycles. The standard InChI is InChI=1S/C46H46N2OS/c1-44(2,3)30-22-29(42(49)38(25-30)46(7,8)9)27-47-39-21-15-14-20-35(39)43-48-41-37(24-31(45(4,5)6)26-40(41)50-43)36-23-28-16-10-11-17-32(28)33-18-12-13-19-34(33)36/h10-27,49H,1-9H3. The second kappa shape index (κ2) is 12.2. The first-order valence-electron chi connectivity index (χ1n) is 17.5. The van der Waals surface area contributed by atoms with Crippen LogP contribution in [0.4, 0.5) is 5.69 Å². The van der Waals surface area contributed by atoms with Crippen molar-refractivity contribution < 1.29 is 5.11 Å². The number of aliphatic imine (C=N–C) groups is 1. The molecule has 0 unspecified atom stereocenters. The molecule has 0 saturated heterocycles. The molecule has 3 nitrogen and oxygen atoms in total. The number of rotatable bonds is 4. The van der Waals surface area contributed by atoms with Crippen LogP contribution in [-0.4, -0.2) is 16.3 Å². The predicted molar refractivity (Wildman–Crippen MR) is 217 cm³/mol. The molecule has 0 aliphatic carbocycles. The van der Waals surface area contributed by atoms with Gasteiger partial charge in [-0.05, 0) is 90.9 Å². The Kier molecular flexibility index (Phi) is 8.22. The number of para-hydroxylation sites is 1. The van der Waals surface area contributed by atoms with Crippen molar-refractivity contribution in [1.82, 2.24) is 4.98 Å². The Balaban J connectivity index is 1.41. The first kappa shape index (κ1) is 33.7. The van der Waals surface area contributed by atoms with Crippen LogP contribution in [0.15, 0.2) is 108 Å². The molecule has 0 radical (unpaired) electrons. The number of fused-ring (bicyclic) bond motifs is 4. The normalized spacial score (nSPS) is 12.9. The third kappa shape index (κ3) is 6.22. The van der Waals surface area contributed by atoms with Crippen LogP contribution >= 0.6 is 11.3 Å². The number of aromatic nitrogens is 1. The molecule has 0 saturated carbocycles. The van der Waals surface area contributed by atoms with Crippen molar-refractivity contribution in [1.29, 1.82) is 0 Å². The van der Waals surface area contributed by atoms with Crippen molar-refractivity contribution in [2.24, 2.45) is 4.99 Å². The number of thiazole rings is 1. The summed E-state index contributed by atoms with van der Waals surface area (Å²) < 4.78 is 1.16. The molecule has 50 heavy (non-hydrogen) atoms. The smallest absolute Gasteiger partial charge is 0.128 e. The fourth-order valence-corrected chi connectivity index (χ4v) is 7.79. The molecule has 0 atom stereocenters. The van der Waals surface area contributed by atoms with Crippen LogP contribution in [-0.2, 0) is 16.2 Å². The highest BCUT2D eigenvalue weighted by Crippen LogP contribution is 2.44. The Morgan fingerprint density at radius 2 is 1.22 bits per heavy atom. The molecule has 0 aliphatic rings. The first-order chi connectivity index (χ1) is 23.6. The molecule has 1 aromatic heterocycles. The SMILES string of the molecule is CC(C)(C)c1cc(C=Nc2ccccc2-c2nc3c(-c4cc5ccccc5c5ccccc45)cc(C(C)(C)C)cc3s2)c(O)c(C(C)(C)C)c1. The monoisotopic (exact) mass is 674 g/mol. The van der Waals surface area contributed by atoms with E-state index < -0.39 is 0 Å². The van der Waals surface area contributed by atoms with Gasteiger partial charge >= 0.3 is 0 Å². The molecule has 7 rings (SSSR count). The summed E-state index contributed by atoms with van der Waals surface area (Å²) in [4.78, 5) is 10.4. The van der Waals surface area contributed by atoms with Crippen molar-refractivity contribution in [2.45, 2.75) is 78.6 Å². The van der Waals surface area contributed by atoms with E-state index in [1.807, 2.05) is 24.4 Å². The molecule has 0 fully saturated rings. The van der Waals surface area contributed by atoms with Crippen molar-refractivity contribution in [3.8, 4) is 27.4 Å². The summed E-state index contributed by atoms with van der Waals surface area (Å²) >= 11 is 1.71. The van der Waals surface area contributed by atoms with E-state index in [9.17, 15) is 5.11 Å². The van der Waals surface area contributed by atoms with Crippen molar-refractivity contribution in [3.05, 3.63) is 125 Å². The molecule has 7 aromatic rings. The van der Waals surface area contributed by atoms with E-state index in [0.717, 1.165) is 43.2 Å². The Bertz CT molecular complexity index is 2440. The van der Waals surface area contributed by atoms with Gasteiger partial charge in [0.2, 0.25) is 0 Å². The van der Waals surface area contributed by atoms with Crippen LogP contribution in [0.2, 0.25) is 0 Å². The fraction of sp³-hybridized carbons (Fsp3) is 0.261. The lowest BCUT2D eigenvalue weighted by Gasteiger charge is -2.27. The molecule has 1 heterocycles. The molecular formula is C46H46N2OS. The highest BCUT2D eigenvalue weighted by Gasteiger charge is 2.25. The fourth-order valence-electron chi connectivity index (χ4n) is 6.73. The van der Waals surface area contributed by atoms with E-state index in [1.54, 1.807) is 11.3 Å². The van der Waals surface area contributed by atoms with Gasteiger partial charge in [0.05, 0.1) is 15.9 Å². The molecule has 4 heteroatoms. The van der Waals surface area contributed by atoms with Gasteiger partial charge in [-0.1, -0.05) is 129 Å². The van der Waals surface area contributed by atoms with Crippen LogP contribution in [0.1, 0.15) is 84.6 Å². The summed E-state index contributed by atoms with van der Waals surface area (Å²) in [6.07, 6.45) is 1.82. The Morgan fingerprint density at radius 3 is 1.92 bits per heavy atom. The number of benzene rings is 6. The summed E-state index contributed by atoms with van der Waals surface area (Å²) in [5.74, 6) is 0.286. The molecular weight excluding hydrogens is 629 g/mol. The van der Waals surface area contributed by atoms with Crippen molar-refractivity contribution in [2.75, 3.05) is 0 Å². The van der Waals surface area contributed by atoms with Gasteiger partial charge in [0, 0.05) is 28.5 Å². The van der Waals surface area contributed by atoms with Crippen LogP contribution in [0.5, 0.6) is 5.75 Å². The Hall–Kier alpha value is -4.80. The number of hydrogen-bond donors (Lipinski definition) is 1. The topological polar surface area (TPSA) is 45.5 Å². The maximum absolute atomic E-state index is 11.4. The highest BCUT2D eigenvalue weighted by atomic mass is 32.1. The van der Waals surface area contributed by atoms with E-state index in [4.69, 9.17) is 9.98 Å². The highest BCUT2D eigenvalue weighted by molar-refractivity contribution is 7.21. The van der Waals surface area contributed by atoms with Crippen LogP contribution in [0.25, 0.3) is 53.5 Å². The average Bonchev–Trinajstić information content (AvgIpc) is 3.50.